The van der Waals surface area contributed by atoms with Crippen LogP contribution in [0.1, 0.15) is 25.3 Å². The fourth-order valence-electron chi connectivity index (χ4n) is 2.75. The van der Waals surface area contributed by atoms with E-state index >= 15 is 0 Å². The first-order valence-electron chi connectivity index (χ1n) is 7.49. The van der Waals surface area contributed by atoms with E-state index in [1.165, 1.54) is 23.8 Å². The Morgan fingerprint density at radius 1 is 1.35 bits per heavy atom. The van der Waals surface area contributed by atoms with Crippen molar-refractivity contribution in [1.29, 1.82) is 0 Å². The predicted octanol–water partition coefficient (Wildman–Crippen LogP) is 2.97. The van der Waals surface area contributed by atoms with Crippen LogP contribution in [0.25, 0.3) is 10.9 Å². The third-order valence-electron chi connectivity index (χ3n) is 3.91. The van der Waals surface area contributed by atoms with Crippen molar-refractivity contribution in [2.45, 2.75) is 32.2 Å². The predicted molar refractivity (Wildman–Crippen MR) is 85.1 cm³/mol. The van der Waals surface area contributed by atoms with Gasteiger partial charge in [0.05, 0.1) is 5.52 Å². The lowest BCUT2D eigenvalue weighted by Gasteiger charge is -2.22. The number of anilines is 1. The molecule has 0 spiro atoms. The number of aromatic nitrogens is 1. The Morgan fingerprint density at radius 2 is 2.10 bits per heavy atom. The zero-order chi connectivity index (χ0) is 14.1. The molecule has 0 saturated heterocycles. The molecule has 1 aromatic heterocycles. The molecule has 0 radical (unpaired) electrons. The Hall–Kier alpha value is -1.61. The number of nitrogens with two attached hydrogens (primary N) is 1. The maximum absolute atomic E-state index is 6.00. The summed E-state index contributed by atoms with van der Waals surface area (Å²) in [7, 11) is 2.15. The van der Waals surface area contributed by atoms with Gasteiger partial charge in [0.1, 0.15) is 5.82 Å². The lowest BCUT2D eigenvalue weighted by Crippen LogP contribution is -2.25. The highest BCUT2D eigenvalue weighted by atomic mass is 15.2. The summed E-state index contributed by atoms with van der Waals surface area (Å²) >= 11 is 0. The first-order valence-corrected chi connectivity index (χ1v) is 7.49. The number of nitrogens with zero attached hydrogens (tertiary/aromatic N) is 2. The Morgan fingerprint density at radius 3 is 2.80 bits per heavy atom. The largest absolute Gasteiger partial charge is 0.359 e. The van der Waals surface area contributed by atoms with Crippen molar-refractivity contribution in [3.05, 3.63) is 35.9 Å². The van der Waals surface area contributed by atoms with Crippen molar-refractivity contribution in [1.82, 2.24) is 4.98 Å². The molecule has 3 nitrogen and oxygen atoms in total. The molecule has 1 saturated carbocycles. The minimum atomic E-state index is 0.158. The van der Waals surface area contributed by atoms with Gasteiger partial charge in [-0.3, -0.25) is 0 Å². The van der Waals surface area contributed by atoms with Gasteiger partial charge in [-0.15, -0.1) is 0 Å². The smallest absolute Gasteiger partial charge is 0.132 e. The van der Waals surface area contributed by atoms with Crippen LogP contribution in [0.2, 0.25) is 0 Å². The van der Waals surface area contributed by atoms with Gasteiger partial charge in [-0.2, -0.15) is 0 Å². The summed E-state index contributed by atoms with van der Waals surface area (Å²) in [5.74, 6) is 1.96. The SMILES string of the molecule is CC(N)Cc1cc2ccccc2nc1N(C)CC1CC1. The summed E-state index contributed by atoms with van der Waals surface area (Å²) in [4.78, 5) is 7.19. The molecule has 1 aromatic carbocycles. The molecule has 3 rings (SSSR count). The molecule has 2 N–H and O–H groups in total. The molecule has 1 aliphatic rings. The average molecular weight is 269 g/mol. The molecule has 20 heavy (non-hydrogen) atoms. The van der Waals surface area contributed by atoms with E-state index in [1.807, 2.05) is 6.07 Å². The lowest BCUT2D eigenvalue weighted by atomic mass is 10.0. The maximum Gasteiger partial charge on any atom is 0.132 e. The van der Waals surface area contributed by atoms with Crippen molar-refractivity contribution in [2.75, 3.05) is 18.5 Å². The summed E-state index contributed by atoms with van der Waals surface area (Å²) in [6, 6.07) is 10.7. The van der Waals surface area contributed by atoms with Gasteiger partial charge in [0.15, 0.2) is 0 Å². The standard InChI is InChI=1S/C17H23N3/c1-12(18)9-15-10-14-5-3-4-6-16(14)19-17(15)20(2)11-13-7-8-13/h3-6,10,12-13H,7-9,11,18H2,1-2H3. The highest BCUT2D eigenvalue weighted by Gasteiger charge is 2.24. The summed E-state index contributed by atoms with van der Waals surface area (Å²) in [5, 5.41) is 1.20. The molecule has 0 aliphatic heterocycles. The molecule has 0 amide bonds. The van der Waals surface area contributed by atoms with E-state index in [0.717, 1.165) is 30.2 Å². The second kappa shape index (κ2) is 5.41. The van der Waals surface area contributed by atoms with Gasteiger partial charge in [0.25, 0.3) is 0 Å². The normalized spacial score (nSPS) is 16.4. The van der Waals surface area contributed by atoms with Crippen molar-refractivity contribution in [2.24, 2.45) is 11.7 Å². The lowest BCUT2D eigenvalue weighted by molar-refractivity contribution is 0.723. The van der Waals surface area contributed by atoms with Crippen molar-refractivity contribution in [3.63, 3.8) is 0 Å². The topological polar surface area (TPSA) is 42.1 Å². The number of rotatable bonds is 5. The molecule has 1 fully saturated rings. The highest BCUT2D eigenvalue weighted by molar-refractivity contribution is 5.81. The van der Waals surface area contributed by atoms with Gasteiger partial charge >= 0.3 is 0 Å². The first kappa shape index (κ1) is 13.4. The maximum atomic E-state index is 6.00. The van der Waals surface area contributed by atoms with E-state index in [4.69, 9.17) is 10.7 Å². The molecule has 1 aliphatic carbocycles. The van der Waals surface area contributed by atoms with Crippen molar-refractivity contribution >= 4 is 16.7 Å². The van der Waals surface area contributed by atoms with Crippen LogP contribution in [0, 0.1) is 5.92 Å². The van der Waals surface area contributed by atoms with Crippen LogP contribution in [0.5, 0.6) is 0 Å². The average Bonchev–Trinajstić information content (AvgIpc) is 3.21. The van der Waals surface area contributed by atoms with E-state index in [2.05, 4.69) is 43.1 Å². The van der Waals surface area contributed by atoms with E-state index in [0.29, 0.717) is 0 Å². The number of hydrogen-bond acceptors (Lipinski definition) is 3. The molecule has 1 atom stereocenters. The van der Waals surface area contributed by atoms with Gasteiger partial charge < -0.3 is 10.6 Å². The van der Waals surface area contributed by atoms with Crippen LogP contribution in [-0.2, 0) is 6.42 Å². The monoisotopic (exact) mass is 269 g/mol. The zero-order valence-corrected chi connectivity index (χ0v) is 12.3. The van der Waals surface area contributed by atoms with Gasteiger partial charge in [0, 0.05) is 25.0 Å². The molecule has 0 bridgehead atoms. The number of fused-ring (bicyclic) bond motifs is 1. The summed E-state index contributed by atoms with van der Waals surface area (Å²) < 4.78 is 0. The molecular formula is C17H23N3. The second-order valence-corrected chi connectivity index (χ2v) is 6.17. The highest BCUT2D eigenvalue weighted by Crippen LogP contribution is 2.32. The Kier molecular flexibility index (Phi) is 3.62. The molecular weight excluding hydrogens is 246 g/mol. The Balaban J connectivity index is 2.00. The fourth-order valence-corrected chi connectivity index (χ4v) is 2.75. The zero-order valence-electron chi connectivity index (χ0n) is 12.3. The molecule has 2 aromatic rings. The van der Waals surface area contributed by atoms with Gasteiger partial charge in [-0.05, 0) is 49.8 Å². The van der Waals surface area contributed by atoms with Gasteiger partial charge in [0.2, 0.25) is 0 Å². The van der Waals surface area contributed by atoms with Crippen LogP contribution in [0.4, 0.5) is 5.82 Å². The number of hydrogen-bond donors (Lipinski definition) is 1. The number of benzene rings is 1. The molecule has 1 unspecified atom stereocenters. The minimum absolute atomic E-state index is 0.158. The Labute approximate surface area is 120 Å². The van der Waals surface area contributed by atoms with Crippen LogP contribution in [-0.4, -0.2) is 24.6 Å². The number of pyridine rings is 1. The van der Waals surface area contributed by atoms with Gasteiger partial charge in [-0.1, -0.05) is 18.2 Å². The van der Waals surface area contributed by atoms with Crippen LogP contribution in [0.3, 0.4) is 0 Å². The van der Waals surface area contributed by atoms with E-state index in [-0.39, 0.29) is 6.04 Å². The van der Waals surface area contributed by atoms with E-state index in [9.17, 15) is 0 Å². The van der Waals surface area contributed by atoms with Crippen molar-refractivity contribution in [3.8, 4) is 0 Å². The quantitative estimate of drug-likeness (QED) is 0.907. The van der Waals surface area contributed by atoms with Crippen molar-refractivity contribution < 1.29 is 0 Å². The molecule has 3 heteroatoms. The first-order chi connectivity index (χ1) is 9.63. The third-order valence-corrected chi connectivity index (χ3v) is 3.91. The van der Waals surface area contributed by atoms with Gasteiger partial charge in [-0.25, -0.2) is 4.98 Å². The minimum Gasteiger partial charge on any atom is -0.359 e. The molecule has 1 heterocycles. The summed E-state index contributed by atoms with van der Waals surface area (Å²) in [6.45, 7) is 3.16. The van der Waals surface area contributed by atoms with Crippen LogP contribution >= 0.6 is 0 Å². The fraction of sp³-hybridized carbons (Fsp3) is 0.471. The summed E-state index contributed by atoms with van der Waals surface area (Å²) in [6.07, 6.45) is 3.60. The van der Waals surface area contributed by atoms with Crippen LogP contribution in [0.15, 0.2) is 30.3 Å². The van der Waals surface area contributed by atoms with E-state index < -0.39 is 0 Å². The Bertz CT molecular complexity index is 602. The molecule has 106 valence electrons. The van der Waals surface area contributed by atoms with E-state index in [1.54, 1.807) is 0 Å². The second-order valence-electron chi connectivity index (χ2n) is 6.17. The van der Waals surface area contributed by atoms with Crippen LogP contribution < -0.4 is 10.6 Å². The third kappa shape index (κ3) is 2.93. The summed E-state index contributed by atoms with van der Waals surface area (Å²) in [5.41, 5.74) is 8.34. The number of para-hydroxylation sites is 1.